The number of hydrogen-bond donors (Lipinski definition) is 0. The topological polar surface area (TPSA) is 45.9 Å². The molecule has 1 aromatic heterocycles. The van der Waals surface area contributed by atoms with Crippen LogP contribution in [-0.2, 0) is 0 Å². The maximum atomic E-state index is 11.9. The Bertz CT molecular complexity index is 429. The molecule has 15 heavy (non-hydrogen) atoms. The summed E-state index contributed by atoms with van der Waals surface area (Å²) in [7, 11) is 0. The van der Waals surface area contributed by atoms with Gasteiger partial charge in [-0.15, -0.1) is 13.2 Å². The van der Waals surface area contributed by atoms with E-state index < -0.39 is 17.8 Å². The predicted octanol–water partition coefficient (Wildman–Crippen LogP) is 3.27. The van der Waals surface area contributed by atoms with E-state index in [1.54, 1.807) is 0 Å². The predicted molar refractivity (Wildman–Crippen MR) is 48.3 cm³/mol. The molecule has 0 amide bonds. The van der Waals surface area contributed by atoms with Crippen LogP contribution in [-0.4, -0.2) is 11.3 Å². The molecule has 0 spiro atoms. The van der Waals surface area contributed by atoms with Crippen molar-refractivity contribution >= 4 is 27.5 Å². The van der Waals surface area contributed by atoms with Crippen LogP contribution in [0.15, 0.2) is 10.5 Å². The summed E-state index contributed by atoms with van der Waals surface area (Å²) in [4.78, 5) is 3.41. The molecule has 80 valence electrons. The third-order valence-corrected chi connectivity index (χ3v) is 2.35. The molecule has 0 bridgehead atoms. The summed E-state index contributed by atoms with van der Waals surface area (Å²) in [6.45, 7) is 0. The molecule has 0 radical (unpaired) electrons. The van der Waals surface area contributed by atoms with E-state index >= 15 is 0 Å². The lowest BCUT2D eigenvalue weighted by molar-refractivity contribution is -0.274. The Balaban J connectivity index is 3.18. The van der Waals surface area contributed by atoms with E-state index in [1.165, 1.54) is 6.07 Å². The first-order valence-electron chi connectivity index (χ1n) is 3.35. The van der Waals surface area contributed by atoms with Crippen LogP contribution in [0.25, 0.3) is 0 Å². The Labute approximate surface area is 95.6 Å². The third kappa shape index (κ3) is 3.25. The molecule has 0 aliphatic carbocycles. The summed E-state index contributed by atoms with van der Waals surface area (Å²) in [5.41, 5.74) is -0.527. The van der Waals surface area contributed by atoms with Gasteiger partial charge in [0.05, 0.1) is 4.47 Å². The molecule has 0 saturated carbocycles. The first kappa shape index (κ1) is 12.1. The fourth-order valence-electron chi connectivity index (χ4n) is 0.732. The molecule has 1 heterocycles. The van der Waals surface area contributed by atoms with Crippen LogP contribution in [0, 0.1) is 11.3 Å². The number of hydrogen-bond acceptors (Lipinski definition) is 3. The highest BCUT2D eigenvalue weighted by Crippen LogP contribution is 2.31. The van der Waals surface area contributed by atoms with Crippen LogP contribution in [0.1, 0.15) is 5.69 Å². The SMILES string of the molecule is N#Cc1nc(Cl)c(Br)cc1OC(F)(F)F. The van der Waals surface area contributed by atoms with Gasteiger partial charge >= 0.3 is 6.36 Å². The van der Waals surface area contributed by atoms with Crippen molar-refractivity contribution < 1.29 is 17.9 Å². The summed E-state index contributed by atoms with van der Waals surface area (Å²) < 4.78 is 39.3. The Morgan fingerprint density at radius 2 is 2.13 bits per heavy atom. The monoisotopic (exact) mass is 300 g/mol. The van der Waals surface area contributed by atoms with Crippen LogP contribution in [0.3, 0.4) is 0 Å². The van der Waals surface area contributed by atoms with E-state index in [4.69, 9.17) is 16.9 Å². The minimum Gasteiger partial charge on any atom is -0.403 e. The van der Waals surface area contributed by atoms with Gasteiger partial charge in [-0.3, -0.25) is 0 Å². The van der Waals surface area contributed by atoms with Gasteiger partial charge in [-0.1, -0.05) is 11.6 Å². The zero-order valence-electron chi connectivity index (χ0n) is 6.77. The fraction of sp³-hybridized carbons (Fsp3) is 0.143. The van der Waals surface area contributed by atoms with Crippen molar-refractivity contribution in [1.29, 1.82) is 5.26 Å². The first-order valence-corrected chi connectivity index (χ1v) is 4.52. The molecule has 3 nitrogen and oxygen atoms in total. The summed E-state index contributed by atoms with van der Waals surface area (Å²) in [5.74, 6) is -0.693. The highest BCUT2D eigenvalue weighted by Gasteiger charge is 2.32. The summed E-state index contributed by atoms with van der Waals surface area (Å²) in [6, 6.07) is 2.38. The Kier molecular flexibility index (Phi) is 3.42. The average Bonchev–Trinajstić information content (AvgIpc) is 2.08. The van der Waals surface area contributed by atoms with Crippen molar-refractivity contribution in [2.75, 3.05) is 0 Å². The minimum atomic E-state index is -4.87. The smallest absolute Gasteiger partial charge is 0.403 e. The lowest BCUT2D eigenvalue weighted by Gasteiger charge is -2.10. The second kappa shape index (κ2) is 4.24. The second-order valence-electron chi connectivity index (χ2n) is 2.27. The van der Waals surface area contributed by atoms with E-state index in [1.807, 2.05) is 0 Å². The molecule has 0 unspecified atom stereocenters. The molecule has 0 aliphatic rings. The molecular formula is C7HBrClF3N2O. The molecule has 0 N–H and O–H groups in total. The molecule has 0 saturated heterocycles. The molecular weight excluding hydrogens is 300 g/mol. The summed E-state index contributed by atoms with van der Waals surface area (Å²) in [5, 5.41) is 8.39. The number of alkyl halides is 3. The van der Waals surface area contributed by atoms with Crippen molar-refractivity contribution in [3.8, 4) is 11.8 Å². The maximum absolute atomic E-state index is 11.9. The minimum absolute atomic E-state index is 0.110. The van der Waals surface area contributed by atoms with Crippen molar-refractivity contribution in [2.24, 2.45) is 0 Å². The number of halogens is 5. The molecule has 0 aromatic carbocycles. The van der Waals surface area contributed by atoms with Crippen molar-refractivity contribution in [1.82, 2.24) is 4.98 Å². The van der Waals surface area contributed by atoms with Gasteiger partial charge in [0.1, 0.15) is 11.2 Å². The van der Waals surface area contributed by atoms with Gasteiger partial charge < -0.3 is 4.74 Å². The zero-order valence-corrected chi connectivity index (χ0v) is 9.11. The lowest BCUT2D eigenvalue weighted by atomic mass is 10.3. The van der Waals surface area contributed by atoms with Gasteiger partial charge in [0, 0.05) is 6.07 Å². The van der Waals surface area contributed by atoms with Gasteiger partial charge in [0.2, 0.25) is 0 Å². The maximum Gasteiger partial charge on any atom is 0.573 e. The second-order valence-corrected chi connectivity index (χ2v) is 3.48. The van der Waals surface area contributed by atoms with Crippen molar-refractivity contribution in [2.45, 2.75) is 6.36 Å². The number of pyridine rings is 1. The van der Waals surface area contributed by atoms with E-state index in [9.17, 15) is 13.2 Å². The largest absolute Gasteiger partial charge is 0.573 e. The molecule has 1 rings (SSSR count). The first-order chi connectivity index (χ1) is 6.83. The van der Waals surface area contributed by atoms with E-state index in [2.05, 4.69) is 25.7 Å². The summed E-state index contributed by atoms with van der Waals surface area (Å²) >= 11 is 8.36. The van der Waals surface area contributed by atoms with Gasteiger partial charge in [0.15, 0.2) is 11.4 Å². The number of ether oxygens (including phenoxy) is 1. The quantitative estimate of drug-likeness (QED) is 0.748. The zero-order chi connectivity index (χ0) is 11.6. The fourth-order valence-corrected chi connectivity index (χ4v) is 1.17. The molecule has 1 aromatic rings. The Morgan fingerprint density at radius 3 is 2.60 bits per heavy atom. The van der Waals surface area contributed by atoms with Crippen LogP contribution < -0.4 is 4.74 Å². The summed E-state index contributed by atoms with van der Waals surface area (Å²) in [6.07, 6.45) is -4.87. The standard InChI is InChI=1S/C7HBrClF3N2O/c8-3-1-5(15-7(10,11)12)4(2-13)14-6(3)9/h1H. The molecule has 0 atom stereocenters. The van der Waals surface area contributed by atoms with E-state index in [0.29, 0.717) is 0 Å². The number of nitriles is 1. The van der Waals surface area contributed by atoms with Crippen molar-refractivity contribution in [3.05, 3.63) is 21.4 Å². The molecule has 8 heteroatoms. The highest BCUT2D eigenvalue weighted by atomic mass is 79.9. The van der Waals surface area contributed by atoms with Crippen LogP contribution >= 0.6 is 27.5 Å². The van der Waals surface area contributed by atoms with Crippen molar-refractivity contribution in [3.63, 3.8) is 0 Å². The number of aromatic nitrogens is 1. The average molecular weight is 301 g/mol. The Hall–Kier alpha value is -1.00. The third-order valence-electron chi connectivity index (χ3n) is 1.23. The highest BCUT2D eigenvalue weighted by molar-refractivity contribution is 9.10. The Morgan fingerprint density at radius 1 is 1.53 bits per heavy atom. The van der Waals surface area contributed by atoms with E-state index in [0.717, 1.165) is 6.07 Å². The number of rotatable bonds is 1. The molecule has 0 aliphatic heterocycles. The van der Waals surface area contributed by atoms with Crippen LogP contribution in [0.5, 0.6) is 5.75 Å². The van der Waals surface area contributed by atoms with Crippen LogP contribution in [0.4, 0.5) is 13.2 Å². The number of nitrogens with zero attached hydrogens (tertiary/aromatic N) is 2. The van der Waals surface area contributed by atoms with Gasteiger partial charge in [-0.2, -0.15) is 5.26 Å². The van der Waals surface area contributed by atoms with Gasteiger partial charge in [0.25, 0.3) is 0 Å². The van der Waals surface area contributed by atoms with Gasteiger partial charge in [-0.25, -0.2) is 4.98 Å². The van der Waals surface area contributed by atoms with E-state index in [-0.39, 0.29) is 9.63 Å². The van der Waals surface area contributed by atoms with Crippen LogP contribution in [0.2, 0.25) is 5.15 Å². The lowest BCUT2D eigenvalue weighted by Crippen LogP contribution is -2.18. The van der Waals surface area contributed by atoms with Gasteiger partial charge in [-0.05, 0) is 15.9 Å². The normalized spacial score (nSPS) is 10.9. The molecule has 0 fully saturated rings.